The number of aryl methyl sites for hydroxylation is 1. The maximum atomic E-state index is 11.0. The lowest BCUT2D eigenvalue weighted by Gasteiger charge is -2.00. The van der Waals surface area contributed by atoms with Gasteiger partial charge in [-0.1, -0.05) is 6.07 Å². The first-order valence-electron chi connectivity index (χ1n) is 4.97. The number of H-pyrrole nitrogens is 2. The van der Waals surface area contributed by atoms with Gasteiger partial charge in [-0.05, 0) is 24.1 Å². The highest BCUT2D eigenvalue weighted by atomic mass is 16.5. The number of benzene rings is 1. The topological polar surface area (TPSA) is 75.0 Å². The lowest BCUT2D eigenvalue weighted by molar-refractivity contribution is -0.140. The van der Waals surface area contributed by atoms with E-state index in [2.05, 4.69) is 14.7 Å². The minimum absolute atomic E-state index is 0.222. The van der Waals surface area contributed by atoms with Crippen LogP contribution in [0, 0.1) is 0 Å². The molecule has 0 aliphatic carbocycles. The lowest BCUT2D eigenvalue weighted by Crippen LogP contribution is -2.01. The maximum absolute atomic E-state index is 11.0. The largest absolute Gasteiger partial charge is 0.469 e. The SMILES string of the molecule is COC(=O)CCc1ccc2[nH]c(=O)[nH]c2c1. The standard InChI is InChI=1S/C11H12N2O3/c1-16-10(14)5-3-7-2-4-8-9(6-7)13-11(15)12-8/h2,4,6H,3,5H2,1H3,(H2,12,13,15). The zero-order chi connectivity index (χ0) is 11.5. The Morgan fingerprint density at radius 1 is 1.31 bits per heavy atom. The van der Waals surface area contributed by atoms with E-state index in [-0.39, 0.29) is 11.7 Å². The summed E-state index contributed by atoms with van der Waals surface area (Å²) in [5, 5.41) is 0. The number of carbonyl (C=O) groups is 1. The monoisotopic (exact) mass is 220 g/mol. The van der Waals surface area contributed by atoms with E-state index in [1.165, 1.54) is 7.11 Å². The number of hydrogen-bond acceptors (Lipinski definition) is 3. The summed E-state index contributed by atoms with van der Waals surface area (Å²) in [4.78, 5) is 27.3. The highest BCUT2D eigenvalue weighted by Crippen LogP contribution is 2.11. The van der Waals surface area contributed by atoms with Crippen molar-refractivity contribution in [1.82, 2.24) is 9.97 Å². The molecule has 2 N–H and O–H groups in total. The van der Waals surface area contributed by atoms with Gasteiger partial charge in [-0.25, -0.2) is 4.79 Å². The minimum atomic E-state index is -0.234. The number of rotatable bonds is 3. The maximum Gasteiger partial charge on any atom is 0.323 e. The van der Waals surface area contributed by atoms with Gasteiger partial charge in [0, 0.05) is 6.42 Å². The lowest BCUT2D eigenvalue weighted by atomic mass is 10.1. The number of nitrogens with one attached hydrogen (secondary N) is 2. The van der Waals surface area contributed by atoms with E-state index in [1.807, 2.05) is 18.2 Å². The minimum Gasteiger partial charge on any atom is -0.469 e. The molecule has 5 nitrogen and oxygen atoms in total. The predicted molar refractivity (Wildman–Crippen MR) is 59.3 cm³/mol. The van der Waals surface area contributed by atoms with Crippen LogP contribution in [0.3, 0.4) is 0 Å². The molecule has 0 amide bonds. The molecule has 5 heteroatoms. The van der Waals surface area contributed by atoms with Gasteiger partial charge in [0.05, 0.1) is 18.1 Å². The number of aromatic amines is 2. The van der Waals surface area contributed by atoms with E-state index in [4.69, 9.17) is 0 Å². The average molecular weight is 220 g/mol. The highest BCUT2D eigenvalue weighted by molar-refractivity contribution is 5.75. The van der Waals surface area contributed by atoms with Crippen molar-refractivity contribution in [1.29, 1.82) is 0 Å². The number of hydrogen-bond donors (Lipinski definition) is 2. The molecule has 1 aromatic carbocycles. The normalized spacial score (nSPS) is 10.6. The molecule has 0 aliphatic heterocycles. The zero-order valence-electron chi connectivity index (χ0n) is 8.87. The first-order valence-corrected chi connectivity index (χ1v) is 4.97. The van der Waals surface area contributed by atoms with Crippen LogP contribution in [0.4, 0.5) is 0 Å². The van der Waals surface area contributed by atoms with Crippen LogP contribution < -0.4 is 5.69 Å². The van der Waals surface area contributed by atoms with Crippen molar-refractivity contribution in [3.63, 3.8) is 0 Å². The number of esters is 1. The number of fused-ring (bicyclic) bond motifs is 1. The van der Waals surface area contributed by atoms with Gasteiger partial charge < -0.3 is 14.7 Å². The van der Waals surface area contributed by atoms with Crippen LogP contribution in [0.2, 0.25) is 0 Å². The smallest absolute Gasteiger partial charge is 0.323 e. The highest BCUT2D eigenvalue weighted by Gasteiger charge is 2.03. The molecule has 1 aromatic heterocycles. The van der Waals surface area contributed by atoms with Crippen molar-refractivity contribution in [3.8, 4) is 0 Å². The summed E-state index contributed by atoms with van der Waals surface area (Å²) in [6.45, 7) is 0. The zero-order valence-corrected chi connectivity index (χ0v) is 8.87. The van der Waals surface area contributed by atoms with E-state index in [0.717, 1.165) is 16.6 Å². The molecule has 0 saturated carbocycles. The summed E-state index contributed by atoms with van der Waals surface area (Å²) in [6.07, 6.45) is 0.951. The van der Waals surface area contributed by atoms with Gasteiger partial charge in [0.25, 0.3) is 0 Å². The summed E-state index contributed by atoms with van der Waals surface area (Å²) in [7, 11) is 1.37. The van der Waals surface area contributed by atoms with Gasteiger partial charge in [-0.2, -0.15) is 0 Å². The van der Waals surface area contributed by atoms with Crippen molar-refractivity contribution >= 4 is 17.0 Å². The van der Waals surface area contributed by atoms with Gasteiger partial charge in [0.2, 0.25) is 0 Å². The fourth-order valence-electron chi connectivity index (χ4n) is 1.58. The van der Waals surface area contributed by atoms with Crippen molar-refractivity contribution < 1.29 is 9.53 Å². The molecule has 0 spiro atoms. The van der Waals surface area contributed by atoms with Gasteiger partial charge in [0.1, 0.15) is 0 Å². The van der Waals surface area contributed by atoms with Crippen LogP contribution in [0.1, 0.15) is 12.0 Å². The number of methoxy groups -OCH3 is 1. The van der Waals surface area contributed by atoms with Gasteiger partial charge >= 0.3 is 11.7 Å². The molecule has 1 heterocycles. The van der Waals surface area contributed by atoms with Crippen molar-refractivity contribution in [3.05, 3.63) is 34.2 Å². The molecular formula is C11H12N2O3. The van der Waals surface area contributed by atoms with Crippen LogP contribution in [0.15, 0.2) is 23.0 Å². The van der Waals surface area contributed by atoms with Gasteiger partial charge in [-0.3, -0.25) is 4.79 Å². The Hall–Kier alpha value is -2.04. The first-order chi connectivity index (χ1) is 7.69. The third-order valence-corrected chi connectivity index (χ3v) is 2.43. The first kappa shape index (κ1) is 10.5. The van der Waals surface area contributed by atoms with E-state index in [1.54, 1.807) is 0 Å². The molecule has 16 heavy (non-hydrogen) atoms. The summed E-state index contributed by atoms with van der Waals surface area (Å²) >= 11 is 0. The van der Waals surface area contributed by atoms with Gasteiger partial charge in [0.15, 0.2) is 0 Å². The second kappa shape index (κ2) is 4.22. The average Bonchev–Trinajstić information content (AvgIpc) is 2.65. The van der Waals surface area contributed by atoms with Crippen molar-refractivity contribution in [2.24, 2.45) is 0 Å². The van der Waals surface area contributed by atoms with Crippen LogP contribution in [-0.4, -0.2) is 23.0 Å². The molecule has 0 unspecified atom stereocenters. The summed E-state index contributed by atoms with van der Waals surface area (Å²) < 4.78 is 4.56. The molecule has 0 saturated heterocycles. The Labute approximate surface area is 91.4 Å². The second-order valence-electron chi connectivity index (χ2n) is 3.54. The summed E-state index contributed by atoms with van der Waals surface area (Å²) in [6, 6.07) is 5.56. The van der Waals surface area contributed by atoms with Crippen molar-refractivity contribution in [2.45, 2.75) is 12.8 Å². The Balaban J connectivity index is 2.19. The molecule has 2 aromatic rings. The van der Waals surface area contributed by atoms with E-state index >= 15 is 0 Å². The number of ether oxygens (including phenoxy) is 1. The Morgan fingerprint density at radius 3 is 2.81 bits per heavy atom. The molecule has 84 valence electrons. The third kappa shape index (κ3) is 2.13. The van der Waals surface area contributed by atoms with Crippen LogP contribution in [0.25, 0.3) is 11.0 Å². The quantitative estimate of drug-likeness (QED) is 0.756. The predicted octanol–water partition coefficient (Wildman–Crippen LogP) is 0.962. The number of aromatic nitrogens is 2. The van der Waals surface area contributed by atoms with E-state index in [9.17, 15) is 9.59 Å². The summed E-state index contributed by atoms with van der Waals surface area (Å²) in [5.41, 5.74) is 2.30. The molecule has 2 rings (SSSR count). The van der Waals surface area contributed by atoms with E-state index in [0.29, 0.717) is 12.8 Å². The third-order valence-electron chi connectivity index (χ3n) is 2.43. The van der Waals surface area contributed by atoms with Gasteiger partial charge in [-0.15, -0.1) is 0 Å². The number of carbonyl (C=O) groups excluding carboxylic acids is 1. The molecular weight excluding hydrogens is 208 g/mol. The fraction of sp³-hybridized carbons (Fsp3) is 0.273. The fourth-order valence-corrected chi connectivity index (χ4v) is 1.58. The molecule has 0 aliphatic rings. The number of imidazole rings is 1. The summed E-state index contributed by atoms with van der Waals surface area (Å²) in [5.74, 6) is -0.234. The van der Waals surface area contributed by atoms with E-state index < -0.39 is 0 Å². The Bertz CT molecular complexity index is 568. The van der Waals surface area contributed by atoms with Crippen LogP contribution in [0.5, 0.6) is 0 Å². The Morgan fingerprint density at radius 2 is 2.06 bits per heavy atom. The van der Waals surface area contributed by atoms with Crippen LogP contribution >= 0.6 is 0 Å². The molecule has 0 fully saturated rings. The van der Waals surface area contributed by atoms with Crippen LogP contribution in [-0.2, 0) is 16.0 Å². The van der Waals surface area contributed by atoms with Crippen molar-refractivity contribution in [2.75, 3.05) is 7.11 Å². The second-order valence-corrected chi connectivity index (χ2v) is 3.54. The Kier molecular flexibility index (Phi) is 2.76. The molecule has 0 atom stereocenters. The molecule has 0 radical (unpaired) electrons. The molecule has 0 bridgehead atoms.